The molecule has 36 heavy (non-hydrogen) atoms. The van der Waals surface area contributed by atoms with Crippen LogP contribution in [0.5, 0.6) is 17.2 Å². The molecule has 1 fully saturated rings. The van der Waals surface area contributed by atoms with Gasteiger partial charge in [0, 0.05) is 29.1 Å². The molecule has 0 spiro atoms. The Hall–Kier alpha value is -3.48. The van der Waals surface area contributed by atoms with Gasteiger partial charge in [-0.25, -0.2) is 0 Å². The maximum Gasteiger partial charge on any atom is 0.197 e. The number of fused-ring (bicyclic) bond motifs is 1. The highest BCUT2D eigenvalue weighted by molar-refractivity contribution is 6.19. The second-order valence-electron chi connectivity index (χ2n) is 8.99. The monoisotopic (exact) mass is 507 g/mol. The number of ether oxygens (including phenoxy) is 1. The van der Waals surface area contributed by atoms with Gasteiger partial charge in [0.1, 0.15) is 35.2 Å². The topological polar surface area (TPSA) is 83.1 Å². The van der Waals surface area contributed by atoms with Crippen LogP contribution in [0.1, 0.15) is 41.6 Å². The highest BCUT2D eigenvalue weighted by Crippen LogP contribution is 2.37. The third-order valence-electron chi connectivity index (χ3n) is 6.52. The molecule has 1 aliphatic rings. The number of phenolic OH excluding ortho intramolecular Hbond substituents is 2. The number of nitrogens with zero attached hydrogens (tertiary/aromatic N) is 1. The Morgan fingerprint density at radius 1 is 0.861 bits per heavy atom. The first-order chi connectivity index (χ1) is 17.1. The van der Waals surface area contributed by atoms with E-state index in [1.165, 1.54) is 37.8 Å². The molecule has 7 heteroatoms. The van der Waals surface area contributed by atoms with Crippen LogP contribution >= 0.6 is 12.4 Å². The minimum Gasteiger partial charge on any atom is -0.508 e. The van der Waals surface area contributed by atoms with E-state index in [4.69, 9.17) is 9.15 Å². The molecule has 0 saturated carbocycles. The second-order valence-corrected chi connectivity index (χ2v) is 8.99. The van der Waals surface area contributed by atoms with Crippen LogP contribution in [0.3, 0.4) is 0 Å². The maximum atomic E-state index is 13.6. The van der Waals surface area contributed by atoms with Crippen LogP contribution in [-0.4, -0.2) is 47.1 Å². The number of benzene rings is 3. The molecule has 3 aromatic carbocycles. The molecule has 1 saturated heterocycles. The van der Waals surface area contributed by atoms with Crippen LogP contribution in [0.25, 0.3) is 22.3 Å². The summed E-state index contributed by atoms with van der Waals surface area (Å²) in [5.74, 6) is 1.13. The maximum absolute atomic E-state index is 13.6. The lowest BCUT2D eigenvalue weighted by molar-refractivity contribution is 0.104. The van der Waals surface area contributed by atoms with E-state index in [-0.39, 0.29) is 29.7 Å². The van der Waals surface area contributed by atoms with E-state index >= 15 is 0 Å². The van der Waals surface area contributed by atoms with Crippen molar-refractivity contribution in [1.82, 2.24) is 4.90 Å². The second kappa shape index (κ2) is 11.5. The fourth-order valence-corrected chi connectivity index (χ4v) is 4.63. The third kappa shape index (κ3) is 5.66. The predicted octanol–water partition coefficient (Wildman–Crippen LogP) is 6.42. The Bertz CT molecular complexity index is 1310. The molecule has 6 nitrogen and oxygen atoms in total. The van der Waals surface area contributed by atoms with E-state index in [2.05, 4.69) is 4.90 Å². The first-order valence-corrected chi connectivity index (χ1v) is 12.1. The molecule has 0 amide bonds. The highest BCUT2D eigenvalue weighted by Gasteiger charge is 2.23. The number of aromatic hydroxyl groups is 2. The molecular weight excluding hydrogens is 478 g/mol. The number of hydrogen-bond acceptors (Lipinski definition) is 6. The van der Waals surface area contributed by atoms with E-state index in [1.54, 1.807) is 42.5 Å². The van der Waals surface area contributed by atoms with Crippen molar-refractivity contribution in [2.24, 2.45) is 0 Å². The average molecular weight is 508 g/mol. The van der Waals surface area contributed by atoms with Crippen molar-refractivity contribution in [2.75, 3.05) is 26.2 Å². The third-order valence-corrected chi connectivity index (χ3v) is 6.52. The largest absolute Gasteiger partial charge is 0.508 e. The molecule has 5 rings (SSSR count). The molecule has 188 valence electrons. The lowest BCUT2D eigenvalue weighted by atomic mass is 9.97. The van der Waals surface area contributed by atoms with Crippen molar-refractivity contribution in [1.29, 1.82) is 0 Å². The van der Waals surface area contributed by atoms with Crippen molar-refractivity contribution < 1.29 is 24.2 Å². The molecule has 0 atom stereocenters. The number of halogens is 1. The van der Waals surface area contributed by atoms with Crippen LogP contribution < -0.4 is 4.74 Å². The molecule has 2 heterocycles. The van der Waals surface area contributed by atoms with Crippen molar-refractivity contribution >= 4 is 29.2 Å². The number of likely N-dealkylation sites (tertiary alicyclic amines) is 1. The molecule has 0 unspecified atom stereocenters. The van der Waals surface area contributed by atoms with Gasteiger partial charge in [-0.3, -0.25) is 9.69 Å². The van der Waals surface area contributed by atoms with Crippen molar-refractivity contribution in [3.63, 3.8) is 0 Å². The zero-order valence-electron chi connectivity index (χ0n) is 20.0. The van der Waals surface area contributed by atoms with Gasteiger partial charge in [0.25, 0.3) is 0 Å². The standard InChI is InChI=1S/C29H29NO5.ClH/c31-22-9-5-21(6-10-22)29-27(25-14-11-23(32)19-26(25)35-29)28(33)20-7-12-24(13-8-20)34-18-17-30-15-3-1-2-4-16-30;/h5-14,19,31-32H,1-4,15-18H2;1H. The summed E-state index contributed by atoms with van der Waals surface area (Å²) in [5.41, 5.74) is 2.02. The highest BCUT2D eigenvalue weighted by atomic mass is 35.5. The number of rotatable bonds is 7. The van der Waals surface area contributed by atoms with Gasteiger partial charge >= 0.3 is 0 Å². The number of hydrogen-bond donors (Lipinski definition) is 2. The minimum atomic E-state index is -0.186. The zero-order chi connectivity index (χ0) is 24.2. The number of phenols is 2. The van der Waals surface area contributed by atoms with Gasteiger partial charge in [-0.05, 0) is 86.6 Å². The molecular formula is C29H30ClNO5. The van der Waals surface area contributed by atoms with Crippen LogP contribution in [0.4, 0.5) is 0 Å². The van der Waals surface area contributed by atoms with Crippen molar-refractivity contribution in [2.45, 2.75) is 25.7 Å². The molecule has 4 aromatic rings. The first kappa shape index (κ1) is 25.6. The van der Waals surface area contributed by atoms with Crippen molar-refractivity contribution in [3.8, 4) is 28.6 Å². The summed E-state index contributed by atoms with van der Waals surface area (Å²) < 4.78 is 11.9. The van der Waals surface area contributed by atoms with Gasteiger partial charge in [-0.1, -0.05) is 12.8 Å². The molecule has 0 radical (unpaired) electrons. The first-order valence-electron chi connectivity index (χ1n) is 12.1. The predicted molar refractivity (Wildman–Crippen MR) is 143 cm³/mol. The summed E-state index contributed by atoms with van der Waals surface area (Å²) in [4.78, 5) is 16.1. The molecule has 2 N–H and O–H groups in total. The normalized spacial score (nSPS) is 14.2. The number of furan rings is 1. The fraction of sp³-hybridized carbons (Fsp3) is 0.276. The molecule has 0 bridgehead atoms. The minimum absolute atomic E-state index is 0. The van der Waals surface area contributed by atoms with Crippen LogP contribution in [0, 0.1) is 0 Å². The number of ketones is 1. The molecule has 1 aliphatic heterocycles. The Labute approximate surface area is 216 Å². The average Bonchev–Trinajstić information content (AvgIpc) is 3.04. The molecule has 1 aromatic heterocycles. The lowest BCUT2D eigenvalue weighted by Gasteiger charge is -2.19. The summed E-state index contributed by atoms with van der Waals surface area (Å²) in [7, 11) is 0. The summed E-state index contributed by atoms with van der Waals surface area (Å²) in [6.07, 6.45) is 5.14. The van der Waals surface area contributed by atoms with Crippen LogP contribution in [-0.2, 0) is 0 Å². The Kier molecular flexibility index (Phi) is 8.18. The van der Waals surface area contributed by atoms with Gasteiger partial charge in [-0.2, -0.15) is 0 Å². The lowest BCUT2D eigenvalue weighted by Crippen LogP contribution is -2.29. The Morgan fingerprint density at radius 2 is 1.53 bits per heavy atom. The van der Waals surface area contributed by atoms with Gasteiger partial charge < -0.3 is 19.4 Å². The Balaban J connectivity index is 0.00000304. The molecule has 0 aliphatic carbocycles. The smallest absolute Gasteiger partial charge is 0.197 e. The van der Waals surface area contributed by atoms with E-state index in [0.717, 1.165) is 25.4 Å². The Morgan fingerprint density at radius 3 is 2.22 bits per heavy atom. The number of carbonyl (C=O) groups is 1. The van der Waals surface area contributed by atoms with E-state index < -0.39 is 0 Å². The number of carbonyl (C=O) groups excluding carboxylic acids is 1. The van der Waals surface area contributed by atoms with Crippen molar-refractivity contribution in [3.05, 3.63) is 77.9 Å². The van der Waals surface area contributed by atoms with Gasteiger partial charge in [0.2, 0.25) is 0 Å². The summed E-state index contributed by atoms with van der Waals surface area (Å²) in [6, 6.07) is 18.4. The summed E-state index contributed by atoms with van der Waals surface area (Å²) in [6.45, 7) is 3.80. The summed E-state index contributed by atoms with van der Waals surface area (Å²) in [5, 5.41) is 20.2. The van der Waals surface area contributed by atoms with Gasteiger partial charge in [-0.15, -0.1) is 12.4 Å². The van der Waals surface area contributed by atoms with Crippen LogP contribution in [0.15, 0.2) is 71.1 Å². The van der Waals surface area contributed by atoms with E-state index in [1.807, 2.05) is 12.1 Å². The van der Waals surface area contributed by atoms with Crippen LogP contribution in [0.2, 0.25) is 0 Å². The zero-order valence-corrected chi connectivity index (χ0v) is 20.8. The SMILES string of the molecule is Cl.O=C(c1ccc(OCCN2CCCCCC2)cc1)c1c(-c2ccc(O)cc2)oc2cc(O)ccc12. The van der Waals surface area contributed by atoms with E-state index in [0.29, 0.717) is 40.0 Å². The fourth-order valence-electron chi connectivity index (χ4n) is 4.63. The summed E-state index contributed by atoms with van der Waals surface area (Å²) >= 11 is 0. The van der Waals surface area contributed by atoms with Gasteiger partial charge in [0.15, 0.2) is 5.78 Å². The van der Waals surface area contributed by atoms with E-state index in [9.17, 15) is 15.0 Å². The van der Waals surface area contributed by atoms with Gasteiger partial charge in [0.05, 0.1) is 5.56 Å². The quantitative estimate of drug-likeness (QED) is 0.281.